The third-order valence-electron chi connectivity index (χ3n) is 3.00. The van der Waals surface area contributed by atoms with E-state index in [1.807, 2.05) is 0 Å². The second-order valence-corrected chi connectivity index (χ2v) is 6.51. The maximum Gasteiger partial charge on any atom is 0.223 e. The van der Waals surface area contributed by atoms with Crippen LogP contribution < -0.4 is 21.9 Å². The first-order valence-electron chi connectivity index (χ1n) is 5.46. The van der Waals surface area contributed by atoms with Crippen LogP contribution in [0, 0.1) is 0 Å². The van der Waals surface area contributed by atoms with Crippen LogP contribution in [0.5, 0.6) is 0 Å². The van der Waals surface area contributed by atoms with Gasteiger partial charge in [-0.1, -0.05) is 0 Å². The Bertz CT molecular complexity index is 546. The monoisotopic (exact) mass is 272 g/mol. The first-order valence-corrected chi connectivity index (χ1v) is 7.28. The van der Waals surface area contributed by atoms with Crippen LogP contribution in [-0.2, 0) is 9.84 Å². The molecule has 8 nitrogen and oxygen atoms in total. The van der Waals surface area contributed by atoms with Crippen LogP contribution in [0.1, 0.15) is 6.42 Å². The second kappa shape index (κ2) is 4.58. The molecule has 18 heavy (non-hydrogen) atoms. The highest BCUT2D eigenvalue weighted by atomic mass is 32.2. The van der Waals surface area contributed by atoms with Crippen LogP contribution in [-0.4, -0.2) is 43.0 Å². The molecule has 1 aromatic rings. The van der Waals surface area contributed by atoms with Gasteiger partial charge in [-0.25, -0.2) is 14.3 Å². The van der Waals surface area contributed by atoms with Gasteiger partial charge in [0, 0.05) is 19.2 Å². The molecule has 0 aromatic carbocycles. The standard InChI is InChI=1S/C9H16N6O2S/c1-15(6-2-3-18(16,17)5-6)8-4-7(14-11)12-9(10)13-8/h4,6H,2-3,5,11H2,1H3,(H3,10,12,13,14). The van der Waals surface area contributed by atoms with Crippen molar-refractivity contribution in [3.63, 3.8) is 0 Å². The lowest BCUT2D eigenvalue weighted by molar-refractivity contribution is 0.600. The molecule has 0 aliphatic carbocycles. The Labute approximate surface area is 105 Å². The van der Waals surface area contributed by atoms with Crippen LogP contribution in [0.4, 0.5) is 17.6 Å². The van der Waals surface area contributed by atoms with Crippen molar-refractivity contribution < 1.29 is 8.42 Å². The van der Waals surface area contributed by atoms with Crippen molar-refractivity contribution >= 4 is 27.4 Å². The zero-order valence-electron chi connectivity index (χ0n) is 10.00. The summed E-state index contributed by atoms with van der Waals surface area (Å²) in [4.78, 5) is 9.75. The molecule has 0 bridgehead atoms. The number of hydrogen-bond acceptors (Lipinski definition) is 8. The van der Waals surface area contributed by atoms with Gasteiger partial charge in [-0.05, 0) is 6.42 Å². The van der Waals surface area contributed by atoms with E-state index in [1.54, 1.807) is 18.0 Å². The number of nitrogens with zero attached hydrogens (tertiary/aromatic N) is 3. The van der Waals surface area contributed by atoms with Gasteiger partial charge in [0.15, 0.2) is 9.84 Å². The minimum Gasteiger partial charge on any atom is -0.368 e. The lowest BCUT2D eigenvalue weighted by Crippen LogP contribution is -2.33. The summed E-state index contributed by atoms with van der Waals surface area (Å²) in [7, 11) is -1.15. The van der Waals surface area contributed by atoms with E-state index in [0.29, 0.717) is 18.1 Å². The van der Waals surface area contributed by atoms with Gasteiger partial charge in [0.2, 0.25) is 5.95 Å². The lowest BCUT2D eigenvalue weighted by Gasteiger charge is -2.24. The number of aromatic nitrogens is 2. The van der Waals surface area contributed by atoms with E-state index in [1.165, 1.54) is 0 Å². The fourth-order valence-electron chi connectivity index (χ4n) is 1.98. The smallest absolute Gasteiger partial charge is 0.223 e. The zero-order valence-corrected chi connectivity index (χ0v) is 10.8. The summed E-state index contributed by atoms with van der Waals surface area (Å²) in [6, 6.07) is 1.54. The Hall–Kier alpha value is -1.61. The molecular formula is C9H16N6O2S. The minimum absolute atomic E-state index is 0.0880. The lowest BCUT2D eigenvalue weighted by atomic mass is 10.2. The van der Waals surface area contributed by atoms with E-state index in [9.17, 15) is 8.42 Å². The highest BCUT2D eigenvalue weighted by molar-refractivity contribution is 7.91. The van der Waals surface area contributed by atoms with Crippen LogP contribution in [0.3, 0.4) is 0 Å². The van der Waals surface area contributed by atoms with E-state index < -0.39 is 9.84 Å². The third kappa shape index (κ3) is 2.62. The molecule has 5 N–H and O–H groups in total. The van der Waals surface area contributed by atoms with Crippen molar-refractivity contribution in [2.75, 3.05) is 34.6 Å². The summed E-state index contributed by atoms with van der Waals surface area (Å²) in [6.45, 7) is 0. The molecule has 0 amide bonds. The van der Waals surface area contributed by atoms with Crippen LogP contribution in [0.25, 0.3) is 0 Å². The number of nitrogens with two attached hydrogens (primary N) is 2. The molecule has 1 aliphatic rings. The van der Waals surface area contributed by atoms with E-state index in [0.717, 1.165) is 0 Å². The number of rotatable bonds is 3. The summed E-state index contributed by atoms with van der Waals surface area (Å²) in [6.07, 6.45) is 0.591. The predicted octanol–water partition coefficient (Wildman–Crippen LogP) is -1.03. The average Bonchev–Trinajstić information content (AvgIpc) is 2.67. The molecule has 9 heteroatoms. The van der Waals surface area contributed by atoms with Crippen molar-refractivity contribution in [1.82, 2.24) is 9.97 Å². The second-order valence-electron chi connectivity index (χ2n) is 4.28. The van der Waals surface area contributed by atoms with Gasteiger partial charge in [-0.2, -0.15) is 9.97 Å². The Kier molecular flexibility index (Phi) is 3.26. The van der Waals surface area contributed by atoms with Gasteiger partial charge < -0.3 is 16.1 Å². The number of nitrogen functional groups attached to an aromatic ring is 2. The normalized spacial score (nSPS) is 21.8. The summed E-state index contributed by atoms with van der Waals surface area (Å²) in [5.74, 6) is 6.66. The molecule has 1 atom stereocenters. The molecule has 100 valence electrons. The Morgan fingerprint density at radius 2 is 2.22 bits per heavy atom. The van der Waals surface area contributed by atoms with E-state index in [-0.39, 0.29) is 23.5 Å². The number of sulfone groups is 1. The molecule has 0 radical (unpaired) electrons. The molecule has 0 saturated carbocycles. The maximum atomic E-state index is 11.5. The molecule has 2 heterocycles. The predicted molar refractivity (Wildman–Crippen MR) is 69.7 cm³/mol. The summed E-state index contributed by atoms with van der Waals surface area (Å²) in [5.41, 5.74) is 7.96. The van der Waals surface area contributed by atoms with Crippen LogP contribution >= 0.6 is 0 Å². The first-order chi connectivity index (χ1) is 8.41. The summed E-state index contributed by atoms with van der Waals surface area (Å²) in [5, 5.41) is 0. The number of nitrogens with one attached hydrogen (secondary N) is 1. The molecule has 2 rings (SSSR count). The average molecular weight is 272 g/mol. The molecule has 1 aliphatic heterocycles. The van der Waals surface area contributed by atoms with Crippen molar-refractivity contribution in [3.8, 4) is 0 Å². The molecule has 1 saturated heterocycles. The number of hydrazine groups is 1. The Balaban J connectivity index is 2.23. The van der Waals surface area contributed by atoms with E-state index in [4.69, 9.17) is 11.6 Å². The minimum atomic E-state index is -2.93. The molecule has 1 aromatic heterocycles. The van der Waals surface area contributed by atoms with Crippen molar-refractivity contribution in [2.45, 2.75) is 12.5 Å². The third-order valence-corrected chi connectivity index (χ3v) is 4.75. The van der Waals surface area contributed by atoms with Gasteiger partial charge in [0.05, 0.1) is 11.5 Å². The van der Waals surface area contributed by atoms with Gasteiger partial charge in [-0.3, -0.25) is 0 Å². The van der Waals surface area contributed by atoms with Crippen molar-refractivity contribution in [1.29, 1.82) is 0 Å². The fraction of sp³-hybridized carbons (Fsp3) is 0.556. The van der Waals surface area contributed by atoms with E-state index in [2.05, 4.69) is 15.4 Å². The van der Waals surface area contributed by atoms with Crippen molar-refractivity contribution in [2.24, 2.45) is 5.84 Å². The summed E-state index contributed by atoms with van der Waals surface area (Å²) < 4.78 is 22.9. The molecular weight excluding hydrogens is 256 g/mol. The highest BCUT2D eigenvalue weighted by Crippen LogP contribution is 2.23. The van der Waals surface area contributed by atoms with Gasteiger partial charge in [0.1, 0.15) is 11.6 Å². The maximum absolute atomic E-state index is 11.5. The summed E-state index contributed by atoms with van der Waals surface area (Å²) >= 11 is 0. The number of anilines is 3. The van der Waals surface area contributed by atoms with Gasteiger partial charge >= 0.3 is 0 Å². The Morgan fingerprint density at radius 3 is 2.78 bits per heavy atom. The largest absolute Gasteiger partial charge is 0.368 e. The fourth-order valence-corrected chi connectivity index (χ4v) is 3.75. The molecule has 1 unspecified atom stereocenters. The van der Waals surface area contributed by atoms with Crippen LogP contribution in [0.2, 0.25) is 0 Å². The topological polar surface area (TPSA) is 127 Å². The van der Waals surface area contributed by atoms with Gasteiger partial charge in [-0.15, -0.1) is 0 Å². The SMILES string of the molecule is CN(c1cc(NN)nc(N)n1)C1CCS(=O)(=O)C1. The number of hydrogen-bond donors (Lipinski definition) is 3. The van der Waals surface area contributed by atoms with Crippen molar-refractivity contribution in [3.05, 3.63) is 6.07 Å². The first kappa shape index (κ1) is 12.8. The van der Waals surface area contributed by atoms with Crippen LogP contribution in [0.15, 0.2) is 6.07 Å². The van der Waals surface area contributed by atoms with E-state index >= 15 is 0 Å². The molecule has 0 spiro atoms. The quantitative estimate of drug-likeness (QED) is 0.470. The highest BCUT2D eigenvalue weighted by Gasteiger charge is 2.31. The Morgan fingerprint density at radius 1 is 1.50 bits per heavy atom. The van der Waals surface area contributed by atoms with Gasteiger partial charge in [0.25, 0.3) is 0 Å². The molecule has 1 fully saturated rings. The zero-order chi connectivity index (χ0) is 13.3.